The van der Waals surface area contributed by atoms with Crippen molar-refractivity contribution in [2.75, 3.05) is 15.8 Å². The Kier molecular flexibility index (Phi) is 7.24. The van der Waals surface area contributed by atoms with Crippen LogP contribution < -0.4 is 10.0 Å². The number of sulfonamides is 1. The summed E-state index contributed by atoms with van der Waals surface area (Å²) in [6.07, 6.45) is 2.84. The molecule has 0 aliphatic carbocycles. The number of amides is 1. The maximum absolute atomic E-state index is 13.7. The molecule has 0 saturated carbocycles. The minimum atomic E-state index is -3.85. The number of anilines is 2. The van der Waals surface area contributed by atoms with Crippen molar-refractivity contribution < 1.29 is 17.6 Å². The van der Waals surface area contributed by atoms with E-state index in [1.807, 2.05) is 0 Å². The largest absolute Gasteiger partial charge is 0.325 e. The van der Waals surface area contributed by atoms with E-state index in [9.17, 15) is 17.6 Å². The second kappa shape index (κ2) is 9.88. The van der Waals surface area contributed by atoms with Gasteiger partial charge in [-0.3, -0.25) is 4.79 Å². The van der Waals surface area contributed by atoms with Gasteiger partial charge in [0.15, 0.2) is 0 Å². The summed E-state index contributed by atoms with van der Waals surface area (Å²) < 4.78 is 40.7. The van der Waals surface area contributed by atoms with E-state index in [1.165, 1.54) is 60.6 Å². The predicted molar refractivity (Wildman–Crippen MR) is 115 cm³/mol. The zero-order valence-electron chi connectivity index (χ0n) is 15.4. The Morgan fingerprint density at radius 1 is 1.07 bits per heavy atom. The van der Waals surface area contributed by atoms with Gasteiger partial charge in [0.05, 0.1) is 10.6 Å². The molecule has 0 saturated heterocycles. The predicted octanol–water partition coefficient (Wildman–Crippen LogP) is 3.94. The first-order valence-electron chi connectivity index (χ1n) is 8.55. The number of thioether (sulfide) groups is 1. The Labute approximate surface area is 182 Å². The zero-order chi connectivity index (χ0) is 21.6. The van der Waals surface area contributed by atoms with Crippen LogP contribution in [0.2, 0.25) is 5.02 Å². The van der Waals surface area contributed by atoms with Gasteiger partial charge in [-0.15, -0.1) is 11.8 Å². The van der Waals surface area contributed by atoms with Gasteiger partial charge < -0.3 is 5.32 Å². The lowest BCUT2D eigenvalue weighted by molar-refractivity contribution is -0.113. The fourth-order valence-corrected chi connectivity index (χ4v) is 4.49. The number of hydrogen-bond acceptors (Lipinski definition) is 6. The molecule has 0 radical (unpaired) electrons. The summed E-state index contributed by atoms with van der Waals surface area (Å²) in [5.41, 5.74) is 0.779. The number of aromatic nitrogens is 2. The Hall–Kier alpha value is -2.69. The van der Waals surface area contributed by atoms with Crippen molar-refractivity contribution in [1.29, 1.82) is 0 Å². The van der Waals surface area contributed by atoms with Crippen molar-refractivity contribution in [3.05, 3.63) is 77.3 Å². The summed E-state index contributed by atoms with van der Waals surface area (Å²) in [6, 6.07) is 11.6. The molecule has 2 aromatic carbocycles. The van der Waals surface area contributed by atoms with E-state index < -0.39 is 15.8 Å². The number of nitrogens with zero attached hydrogens (tertiary/aromatic N) is 2. The van der Waals surface area contributed by atoms with E-state index in [2.05, 4.69) is 20.0 Å². The minimum absolute atomic E-state index is 0.00322. The number of rotatable bonds is 8. The molecule has 0 spiro atoms. The second-order valence-corrected chi connectivity index (χ2v) is 9.02. The monoisotopic (exact) mass is 466 g/mol. The average Bonchev–Trinajstić information content (AvgIpc) is 2.71. The first-order valence-corrected chi connectivity index (χ1v) is 11.6. The van der Waals surface area contributed by atoms with Crippen molar-refractivity contribution >= 4 is 50.9 Å². The van der Waals surface area contributed by atoms with Gasteiger partial charge >= 0.3 is 0 Å². The molecule has 3 rings (SSSR count). The van der Waals surface area contributed by atoms with Crippen LogP contribution in [0.3, 0.4) is 0 Å². The molecule has 0 aliphatic rings. The standard InChI is InChI=1S/C19H16ClFN4O3S2/c20-16-3-1-4-17(21)15(16)11-29-12-18(26)24-13-5-7-14(8-6-13)30(27,28)25-19-22-9-2-10-23-19/h1-10H,11-12H2,(H,24,26)(H,22,23,25). The number of hydrogen-bond donors (Lipinski definition) is 2. The molecule has 3 aromatic rings. The van der Waals surface area contributed by atoms with Crippen LogP contribution in [0.1, 0.15) is 5.56 Å². The number of carbonyl (C=O) groups excluding carboxylic acids is 1. The molecule has 0 atom stereocenters. The first-order chi connectivity index (χ1) is 14.3. The second-order valence-electron chi connectivity index (χ2n) is 5.94. The van der Waals surface area contributed by atoms with Crippen LogP contribution in [0.15, 0.2) is 65.8 Å². The summed E-state index contributed by atoms with van der Waals surface area (Å²) in [7, 11) is -3.85. The van der Waals surface area contributed by atoms with Crippen LogP contribution in [-0.2, 0) is 20.6 Å². The molecule has 0 bridgehead atoms. The van der Waals surface area contributed by atoms with E-state index in [1.54, 1.807) is 12.1 Å². The maximum Gasteiger partial charge on any atom is 0.264 e. The molecular formula is C19H16ClFN4O3S2. The highest BCUT2D eigenvalue weighted by molar-refractivity contribution is 7.99. The van der Waals surface area contributed by atoms with Crippen LogP contribution in [0.4, 0.5) is 16.0 Å². The van der Waals surface area contributed by atoms with Gasteiger partial charge in [0.1, 0.15) is 5.82 Å². The van der Waals surface area contributed by atoms with Gasteiger partial charge in [0, 0.05) is 34.4 Å². The van der Waals surface area contributed by atoms with E-state index in [0.717, 1.165) is 0 Å². The third-order valence-electron chi connectivity index (χ3n) is 3.78. The lowest BCUT2D eigenvalue weighted by Gasteiger charge is -2.09. The summed E-state index contributed by atoms with van der Waals surface area (Å²) >= 11 is 7.18. The summed E-state index contributed by atoms with van der Waals surface area (Å²) in [4.78, 5) is 19.7. The quantitative estimate of drug-likeness (QED) is 0.521. The Morgan fingerprint density at radius 3 is 2.43 bits per heavy atom. The normalized spacial score (nSPS) is 11.1. The Morgan fingerprint density at radius 2 is 1.77 bits per heavy atom. The molecule has 156 valence electrons. The highest BCUT2D eigenvalue weighted by Gasteiger charge is 2.15. The molecule has 1 aromatic heterocycles. The van der Waals surface area contributed by atoms with Crippen molar-refractivity contribution in [2.45, 2.75) is 10.6 Å². The fourth-order valence-electron chi connectivity index (χ4n) is 2.36. The molecular weight excluding hydrogens is 451 g/mol. The highest BCUT2D eigenvalue weighted by atomic mass is 35.5. The van der Waals surface area contributed by atoms with Crippen LogP contribution in [0.5, 0.6) is 0 Å². The van der Waals surface area contributed by atoms with Crippen molar-refractivity contribution in [3.63, 3.8) is 0 Å². The van der Waals surface area contributed by atoms with Crippen LogP contribution >= 0.6 is 23.4 Å². The van der Waals surface area contributed by atoms with Crippen LogP contribution in [0.25, 0.3) is 0 Å². The van der Waals surface area contributed by atoms with Crippen molar-refractivity contribution in [2.24, 2.45) is 0 Å². The van der Waals surface area contributed by atoms with Crippen LogP contribution in [-0.4, -0.2) is 30.0 Å². The van der Waals surface area contributed by atoms with Crippen LogP contribution in [0, 0.1) is 5.82 Å². The molecule has 2 N–H and O–H groups in total. The fraction of sp³-hybridized carbons (Fsp3) is 0.105. The Balaban J connectivity index is 1.54. The van der Waals surface area contributed by atoms with Gasteiger partial charge in [-0.05, 0) is 42.5 Å². The molecule has 11 heteroatoms. The number of carbonyl (C=O) groups is 1. The molecule has 0 unspecified atom stereocenters. The molecule has 7 nitrogen and oxygen atoms in total. The third kappa shape index (κ3) is 5.91. The number of halogens is 2. The first kappa shape index (κ1) is 22.0. The number of benzene rings is 2. The summed E-state index contributed by atoms with van der Waals surface area (Å²) in [6.45, 7) is 0. The summed E-state index contributed by atoms with van der Waals surface area (Å²) in [5.74, 6) is -0.427. The maximum atomic E-state index is 13.7. The van der Waals surface area contributed by atoms with Crippen molar-refractivity contribution in [1.82, 2.24) is 9.97 Å². The Bertz CT molecular complexity index is 1110. The van der Waals surface area contributed by atoms with E-state index in [-0.39, 0.29) is 28.3 Å². The average molecular weight is 467 g/mol. The lowest BCUT2D eigenvalue weighted by atomic mass is 10.2. The number of nitrogens with one attached hydrogen (secondary N) is 2. The van der Waals surface area contributed by atoms with Gasteiger partial charge in [0.2, 0.25) is 11.9 Å². The smallest absolute Gasteiger partial charge is 0.264 e. The van der Waals surface area contributed by atoms with Gasteiger partial charge in [-0.25, -0.2) is 27.5 Å². The van der Waals surface area contributed by atoms with Gasteiger partial charge in [-0.2, -0.15) is 0 Å². The minimum Gasteiger partial charge on any atom is -0.325 e. The van der Waals surface area contributed by atoms with E-state index in [0.29, 0.717) is 16.3 Å². The van der Waals surface area contributed by atoms with E-state index in [4.69, 9.17) is 11.6 Å². The molecule has 0 fully saturated rings. The van der Waals surface area contributed by atoms with Crippen molar-refractivity contribution in [3.8, 4) is 0 Å². The molecule has 30 heavy (non-hydrogen) atoms. The lowest BCUT2D eigenvalue weighted by Crippen LogP contribution is -2.16. The molecule has 1 heterocycles. The van der Waals surface area contributed by atoms with Gasteiger partial charge in [-0.1, -0.05) is 17.7 Å². The summed E-state index contributed by atoms with van der Waals surface area (Å²) in [5, 5.41) is 2.97. The van der Waals surface area contributed by atoms with Gasteiger partial charge in [0.25, 0.3) is 10.0 Å². The zero-order valence-corrected chi connectivity index (χ0v) is 17.8. The topological polar surface area (TPSA) is 101 Å². The SMILES string of the molecule is O=C(CSCc1c(F)cccc1Cl)Nc1ccc(S(=O)(=O)Nc2ncccn2)cc1. The molecule has 1 amide bonds. The van der Waals surface area contributed by atoms with E-state index >= 15 is 0 Å². The molecule has 0 aliphatic heterocycles. The third-order valence-corrected chi connectivity index (χ3v) is 6.44. The highest BCUT2D eigenvalue weighted by Crippen LogP contribution is 2.24.